The number of aryl methyl sites for hydroxylation is 1. The standard InChI is InChI=1S/C22H27N3O2/c1-3-12-26-21-19-22(24-18(23-21)14-16-9-5-4-6-10-16)27-20(25-19)17-11-7-8-15(2)13-17/h7-8,11,13,16H,3-6,9-10,12,14H2,1-2H3. The van der Waals surface area contributed by atoms with E-state index in [1.54, 1.807) is 0 Å². The zero-order chi connectivity index (χ0) is 18.6. The molecule has 3 aromatic rings. The normalized spacial score (nSPS) is 15.3. The van der Waals surface area contributed by atoms with Gasteiger partial charge in [-0.2, -0.15) is 9.97 Å². The van der Waals surface area contributed by atoms with Crippen LogP contribution in [0.4, 0.5) is 0 Å². The molecule has 1 aliphatic rings. The number of oxazole rings is 1. The van der Waals surface area contributed by atoms with E-state index in [0.717, 1.165) is 24.2 Å². The SMILES string of the molecule is CCCOc1nc(CC2CCCCC2)nc2oc(-c3cccc(C)c3)nc12. The van der Waals surface area contributed by atoms with Crippen molar-refractivity contribution in [2.45, 2.75) is 58.8 Å². The van der Waals surface area contributed by atoms with Crippen LogP contribution in [-0.2, 0) is 6.42 Å². The highest BCUT2D eigenvalue weighted by molar-refractivity contribution is 5.77. The van der Waals surface area contributed by atoms with E-state index in [0.29, 0.717) is 35.5 Å². The number of nitrogens with zero attached hydrogens (tertiary/aromatic N) is 3. The van der Waals surface area contributed by atoms with E-state index in [1.807, 2.05) is 12.1 Å². The van der Waals surface area contributed by atoms with E-state index in [9.17, 15) is 0 Å². The second-order valence-corrected chi connectivity index (χ2v) is 7.54. The van der Waals surface area contributed by atoms with Crippen molar-refractivity contribution >= 4 is 11.2 Å². The number of rotatable bonds is 6. The minimum atomic E-state index is 0.526. The van der Waals surface area contributed by atoms with Crippen LogP contribution >= 0.6 is 0 Å². The monoisotopic (exact) mass is 365 g/mol. The third-order valence-electron chi connectivity index (χ3n) is 5.18. The Bertz CT molecular complexity index is 913. The Balaban J connectivity index is 1.70. The second-order valence-electron chi connectivity index (χ2n) is 7.54. The van der Waals surface area contributed by atoms with Crippen molar-refractivity contribution in [1.29, 1.82) is 0 Å². The van der Waals surface area contributed by atoms with Gasteiger partial charge in [0.1, 0.15) is 5.82 Å². The Morgan fingerprint density at radius 3 is 2.74 bits per heavy atom. The van der Waals surface area contributed by atoms with Crippen LogP contribution in [0.25, 0.3) is 22.7 Å². The zero-order valence-electron chi connectivity index (χ0n) is 16.2. The molecule has 0 aliphatic heterocycles. The Morgan fingerprint density at radius 2 is 1.96 bits per heavy atom. The Labute approximate surface area is 160 Å². The van der Waals surface area contributed by atoms with Gasteiger partial charge in [-0.15, -0.1) is 0 Å². The molecular formula is C22H27N3O2. The van der Waals surface area contributed by atoms with Crippen LogP contribution in [-0.4, -0.2) is 21.6 Å². The Morgan fingerprint density at radius 1 is 1.11 bits per heavy atom. The lowest BCUT2D eigenvalue weighted by Crippen LogP contribution is -2.12. The van der Waals surface area contributed by atoms with Gasteiger partial charge in [-0.1, -0.05) is 56.7 Å². The molecule has 5 heteroatoms. The fraction of sp³-hybridized carbons (Fsp3) is 0.500. The fourth-order valence-electron chi connectivity index (χ4n) is 3.78. The van der Waals surface area contributed by atoms with Crippen LogP contribution < -0.4 is 4.74 Å². The first kappa shape index (κ1) is 18.0. The van der Waals surface area contributed by atoms with E-state index < -0.39 is 0 Å². The van der Waals surface area contributed by atoms with E-state index in [-0.39, 0.29) is 0 Å². The van der Waals surface area contributed by atoms with Crippen molar-refractivity contribution in [3.8, 4) is 17.3 Å². The summed E-state index contributed by atoms with van der Waals surface area (Å²) >= 11 is 0. The molecule has 2 heterocycles. The summed E-state index contributed by atoms with van der Waals surface area (Å²) in [4.78, 5) is 14.0. The smallest absolute Gasteiger partial charge is 0.254 e. The van der Waals surface area contributed by atoms with Crippen molar-refractivity contribution in [2.75, 3.05) is 6.61 Å². The maximum Gasteiger partial charge on any atom is 0.254 e. The highest BCUT2D eigenvalue weighted by atomic mass is 16.5. The summed E-state index contributed by atoms with van der Waals surface area (Å²) in [5, 5.41) is 0. The van der Waals surface area contributed by atoms with Crippen LogP contribution in [0.2, 0.25) is 0 Å². The lowest BCUT2D eigenvalue weighted by molar-refractivity contribution is 0.304. The number of benzene rings is 1. The molecule has 5 nitrogen and oxygen atoms in total. The molecule has 1 saturated carbocycles. The summed E-state index contributed by atoms with van der Waals surface area (Å²) in [6.45, 7) is 4.76. The molecule has 0 unspecified atom stereocenters. The van der Waals surface area contributed by atoms with Crippen molar-refractivity contribution in [2.24, 2.45) is 5.92 Å². The molecule has 142 valence electrons. The molecule has 1 aromatic carbocycles. The molecule has 1 fully saturated rings. The Kier molecular flexibility index (Phi) is 5.37. The summed E-state index contributed by atoms with van der Waals surface area (Å²) in [5.41, 5.74) is 3.26. The van der Waals surface area contributed by atoms with Crippen LogP contribution in [0.3, 0.4) is 0 Å². The van der Waals surface area contributed by atoms with Crippen LogP contribution in [0.1, 0.15) is 56.8 Å². The molecule has 4 rings (SSSR count). The van der Waals surface area contributed by atoms with Crippen LogP contribution in [0.5, 0.6) is 5.88 Å². The van der Waals surface area contributed by atoms with E-state index in [2.05, 4.69) is 35.9 Å². The quantitative estimate of drug-likeness (QED) is 0.577. The van der Waals surface area contributed by atoms with Crippen LogP contribution in [0.15, 0.2) is 28.7 Å². The first-order valence-corrected chi connectivity index (χ1v) is 10.1. The summed E-state index contributed by atoms with van der Waals surface area (Å²) in [6.07, 6.45) is 8.31. The van der Waals surface area contributed by atoms with Gasteiger partial charge >= 0.3 is 0 Å². The molecule has 0 atom stereocenters. The third-order valence-corrected chi connectivity index (χ3v) is 5.18. The maximum atomic E-state index is 6.02. The van der Waals surface area contributed by atoms with Gasteiger partial charge in [0.25, 0.3) is 5.71 Å². The molecule has 27 heavy (non-hydrogen) atoms. The van der Waals surface area contributed by atoms with Gasteiger partial charge in [0, 0.05) is 12.0 Å². The number of fused-ring (bicyclic) bond motifs is 1. The average Bonchev–Trinajstić information content (AvgIpc) is 3.11. The summed E-state index contributed by atoms with van der Waals surface area (Å²) in [5.74, 6) is 2.59. The van der Waals surface area contributed by atoms with Crippen molar-refractivity contribution < 1.29 is 9.15 Å². The largest absolute Gasteiger partial charge is 0.476 e. The van der Waals surface area contributed by atoms with Gasteiger partial charge in [0.2, 0.25) is 11.8 Å². The van der Waals surface area contributed by atoms with E-state index in [1.165, 1.54) is 37.7 Å². The number of aromatic nitrogens is 3. The molecule has 0 amide bonds. The maximum absolute atomic E-state index is 6.02. The molecular weight excluding hydrogens is 338 g/mol. The predicted octanol–water partition coefficient (Wildman–Crippen LogP) is 5.50. The Hall–Kier alpha value is -2.43. The van der Waals surface area contributed by atoms with Crippen molar-refractivity contribution in [3.05, 3.63) is 35.7 Å². The number of hydrogen-bond acceptors (Lipinski definition) is 5. The van der Waals surface area contributed by atoms with E-state index in [4.69, 9.17) is 14.1 Å². The van der Waals surface area contributed by atoms with Gasteiger partial charge in [-0.3, -0.25) is 0 Å². The molecule has 0 bridgehead atoms. The van der Waals surface area contributed by atoms with Gasteiger partial charge in [0.05, 0.1) is 6.61 Å². The summed E-state index contributed by atoms with van der Waals surface area (Å²) in [6, 6.07) is 8.13. The van der Waals surface area contributed by atoms with Gasteiger partial charge in [-0.25, -0.2) is 4.98 Å². The zero-order valence-corrected chi connectivity index (χ0v) is 16.2. The second kappa shape index (κ2) is 8.07. The van der Waals surface area contributed by atoms with Crippen molar-refractivity contribution in [3.63, 3.8) is 0 Å². The minimum absolute atomic E-state index is 0.526. The number of hydrogen-bond donors (Lipinski definition) is 0. The molecule has 0 spiro atoms. The molecule has 0 saturated heterocycles. The van der Waals surface area contributed by atoms with E-state index >= 15 is 0 Å². The van der Waals surface area contributed by atoms with Crippen molar-refractivity contribution in [1.82, 2.24) is 15.0 Å². The lowest BCUT2D eigenvalue weighted by atomic mass is 9.87. The highest BCUT2D eigenvalue weighted by Crippen LogP contribution is 2.31. The number of ether oxygens (including phenoxy) is 1. The predicted molar refractivity (Wildman–Crippen MR) is 106 cm³/mol. The first-order chi connectivity index (χ1) is 13.2. The summed E-state index contributed by atoms with van der Waals surface area (Å²) in [7, 11) is 0. The molecule has 0 N–H and O–H groups in total. The fourth-order valence-corrected chi connectivity index (χ4v) is 3.78. The van der Waals surface area contributed by atoms with Gasteiger partial charge < -0.3 is 9.15 Å². The lowest BCUT2D eigenvalue weighted by Gasteiger charge is -2.20. The van der Waals surface area contributed by atoms with Crippen LogP contribution in [0, 0.1) is 12.8 Å². The highest BCUT2D eigenvalue weighted by Gasteiger charge is 2.20. The molecule has 0 radical (unpaired) electrons. The molecule has 1 aliphatic carbocycles. The minimum Gasteiger partial charge on any atom is -0.476 e. The van der Waals surface area contributed by atoms with Gasteiger partial charge in [0.15, 0.2) is 5.52 Å². The molecule has 2 aromatic heterocycles. The van der Waals surface area contributed by atoms with Gasteiger partial charge in [-0.05, 0) is 31.4 Å². The first-order valence-electron chi connectivity index (χ1n) is 10.1. The summed E-state index contributed by atoms with van der Waals surface area (Å²) < 4.78 is 11.9. The average molecular weight is 365 g/mol. The topological polar surface area (TPSA) is 61.0 Å². The third kappa shape index (κ3) is 4.12.